The smallest absolute Gasteiger partial charge is 0.00734 e. The zero-order chi connectivity index (χ0) is 6.97. The molecule has 1 aliphatic heterocycles. The van der Waals surface area contributed by atoms with Crippen LogP contribution in [0.3, 0.4) is 0 Å². The van der Waals surface area contributed by atoms with Crippen LogP contribution in [0.15, 0.2) is 0 Å². The topological polar surface area (TPSA) is 38.0 Å². The monoisotopic (exact) mass is 140 g/mol. The summed E-state index contributed by atoms with van der Waals surface area (Å²) in [5.41, 5.74) is 5.63. The van der Waals surface area contributed by atoms with Crippen molar-refractivity contribution >= 4 is 0 Å². The van der Waals surface area contributed by atoms with Crippen molar-refractivity contribution in [2.75, 3.05) is 13.1 Å². The highest BCUT2D eigenvalue weighted by Crippen LogP contribution is 2.32. The highest BCUT2D eigenvalue weighted by molar-refractivity contribution is 4.90. The third-order valence-corrected chi connectivity index (χ3v) is 2.93. The predicted molar refractivity (Wildman–Crippen MR) is 41.7 cm³/mol. The maximum absolute atomic E-state index is 5.63. The molecule has 3 atom stereocenters. The standard InChI is InChI=1S/C8H16N2/c9-4-6-1-7-3-8(2-6)10-5-7/h6-8,10H,1-5,9H2. The van der Waals surface area contributed by atoms with Gasteiger partial charge in [-0.1, -0.05) is 0 Å². The van der Waals surface area contributed by atoms with E-state index in [-0.39, 0.29) is 0 Å². The zero-order valence-electron chi connectivity index (χ0n) is 6.34. The molecule has 2 rings (SSSR count). The van der Waals surface area contributed by atoms with E-state index in [1.165, 1.54) is 25.8 Å². The molecule has 1 saturated heterocycles. The molecule has 2 fully saturated rings. The van der Waals surface area contributed by atoms with Gasteiger partial charge in [0.2, 0.25) is 0 Å². The lowest BCUT2D eigenvalue weighted by atomic mass is 9.82. The van der Waals surface area contributed by atoms with Crippen molar-refractivity contribution in [1.29, 1.82) is 0 Å². The maximum atomic E-state index is 5.63. The Morgan fingerprint density at radius 2 is 2.20 bits per heavy atom. The second-order valence-corrected chi connectivity index (χ2v) is 3.78. The van der Waals surface area contributed by atoms with Gasteiger partial charge in [-0.3, -0.25) is 0 Å². The summed E-state index contributed by atoms with van der Waals surface area (Å²) in [5.74, 6) is 1.77. The molecule has 2 heteroatoms. The molecule has 58 valence electrons. The van der Waals surface area contributed by atoms with E-state index < -0.39 is 0 Å². The Labute approximate surface area is 62.2 Å². The molecule has 2 aliphatic rings. The van der Waals surface area contributed by atoms with Crippen LogP contribution >= 0.6 is 0 Å². The molecule has 2 bridgehead atoms. The average molecular weight is 140 g/mol. The summed E-state index contributed by atoms with van der Waals surface area (Å²) in [4.78, 5) is 0. The summed E-state index contributed by atoms with van der Waals surface area (Å²) in [6.07, 6.45) is 4.11. The summed E-state index contributed by atoms with van der Waals surface area (Å²) in [6, 6.07) is 0.812. The van der Waals surface area contributed by atoms with Crippen LogP contribution in [-0.4, -0.2) is 19.1 Å². The van der Waals surface area contributed by atoms with E-state index in [1.807, 2.05) is 0 Å². The van der Waals surface area contributed by atoms with Crippen LogP contribution in [-0.2, 0) is 0 Å². The Morgan fingerprint density at radius 3 is 2.90 bits per heavy atom. The first-order valence-electron chi connectivity index (χ1n) is 4.32. The lowest BCUT2D eigenvalue weighted by Crippen LogP contribution is -2.28. The maximum Gasteiger partial charge on any atom is 0.00734 e. The molecular formula is C8H16N2. The van der Waals surface area contributed by atoms with Crippen LogP contribution in [0.25, 0.3) is 0 Å². The van der Waals surface area contributed by atoms with Crippen molar-refractivity contribution in [3.8, 4) is 0 Å². The third kappa shape index (κ3) is 1.06. The highest BCUT2D eigenvalue weighted by Gasteiger charge is 2.32. The highest BCUT2D eigenvalue weighted by atomic mass is 15.0. The van der Waals surface area contributed by atoms with Gasteiger partial charge in [0.1, 0.15) is 0 Å². The fraction of sp³-hybridized carbons (Fsp3) is 1.00. The molecule has 0 spiro atoms. The van der Waals surface area contributed by atoms with Gasteiger partial charge in [-0.05, 0) is 44.2 Å². The van der Waals surface area contributed by atoms with Crippen LogP contribution in [0.4, 0.5) is 0 Å². The van der Waals surface area contributed by atoms with Crippen molar-refractivity contribution in [3.63, 3.8) is 0 Å². The number of nitrogens with two attached hydrogens (primary N) is 1. The van der Waals surface area contributed by atoms with E-state index in [2.05, 4.69) is 5.32 Å². The van der Waals surface area contributed by atoms with Crippen LogP contribution in [0, 0.1) is 11.8 Å². The lowest BCUT2D eigenvalue weighted by Gasteiger charge is -2.25. The normalized spacial score (nSPS) is 45.9. The second kappa shape index (κ2) is 2.51. The largest absolute Gasteiger partial charge is 0.330 e. The van der Waals surface area contributed by atoms with Crippen LogP contribution in [0.2, 0.25) is 0 Å². The Kier molecular flexibility index (Phi) is 1.66. The fourth-order valence-electron chi connectivity index (χ4n) is 2.42. The Morgan fingerprint density at radius 1 is 1.30 bits per heavy atom. The summed E-state index contributed by atoms with van der Waals surface area (Å²) >= 11 is 0. The molecule has 0 aromatic rings. The first kappa shape index (κ1) is 6.62. The molecule has 10 heavy (non-hydrogen) atoms. The fourth-order valence-corrected chi connectivity index (χ4v) is 2.42. The van der Waals surface area contributed by atoms with Gasteiger partial charge in [0, 0.05) is 6.04 Å². The van der Waals surface area contributed by atoms with Gasteiger partial charge < -0.3 is 11.1 Å². The van der Waals surface area contributed by atoms with Crippen LogP contribution < -0.4 is 11.1 Å². The predicted octanol–water partition coefficient (Wildman–Crippen LogP) is 0.333. The van der Waals surface area contributed by atoms with E-state index in [0.29, 0.717) is 0 Å². The van der Waals surface area contributed by atoms with Crippen molar-refractivity contribution in [2.24, 2.45) is 17.6 Å². The number of hydrogen-bond donors (Lipinski definition) is 2. The molecule has 3 N–H and O–H groups in total. The van der Waals surface area contributed by atoms with Crippen molar-refractivity contribution in [3.05, 3.63) is 0 Å². The number of nitrogens with one attached hydrogen (secondary N) is 1. The Bertz CT molecular complexity index is 112. The van der Waals surface area contributed by atoms with Crippen molar-refractivity contribution in [1.82, 2.24) is 5.32 Å². The quantitative estimate of drug-likeness (QED) is 0.551. The Hall–Kier alpha value is -0.0800. The second-order valence-electron chi connectivity index (χ2n) is 3.78. The third-order valence-electron chi connectivity index (χ3n) is 2.93. The first-order chi connectivity index (χ1) is 4.88. The average Bonchev–Trinajstić information content (AvgIpc) is 2.30. The Balaban J connectivity index is 1.96. The molecule has 2 nitrogen and oxygen atoms in total. The molecule has 3 unspecified atom stereocenters. The van der Waals surface area contributed by atoms with Crippen LogP contribution in [0.1, 0.15) is 19.3 Å². The van der Waals surface area contributed by atoms with E-state index >= 15 is 0 Å². The lowest BCUT2D eigenvalue weighted by molar-refractivity contribution is 0.304. The van der Waals surface area contributed by atoms with Crippen LogP contribution in [0.5, 0.6) is 0 Å². The van der Waals surface area contributed by atoms with E-state index in [4.69, 9.17) is 5.73 Å². The molecule has 0 radical (unpaired) electrons. The summed E-state index contributed by atoms with van der Waals surface area (Å²) in [7, 11) is 0. The number of fused-ring (bicyclic) bond motifs is 2. The van der Waals surface area contributed by atoms with Gasteiger partial charge >= 0.3 is 0 Å². The molecule has 0 amide bonds. The van der Waals surface area contributed by atoms with Gasteiger partial charge in [-0.15, -0.1) is 0 Å². The molecule has 1 heterocycles. The SMILES string of the molecule is NCC1CC2CNC(C1)C2. The molecular weight excluding hydrogens is 124 g/mol. The van der Waals surface area contributed by atoms with Gasteiger partial charge in [0.05, 0.1) is 0 Å². The van der Waals surface area contributed by atoms with Crippen molar-refractivity contribution < 1.29 is 0 Å². The number of rotatable bonds is 1. The van der Waals surface area contributed by atoms with Crippen molar-refractivity contribution in [2.45, 2.75) is 25.3 Å². The minimum atomic E-state index is 0.812. The molecule has 0 aromatic carbocycles. The first-order valence-corrected chi connectivity index (χ1v) is 4.32. The summed E-state index contributed by atoms with van der Waals surface area (Å²) < 4.78 is 0. The van der Waals surface area contributed by atoms with Gasteiger partial charge in [0.15, 0.2) is 0 Å². The minimum Gasteiger partial charge on any atom is -0.330 e. The van der Waals surface area contributed by atoms with Gasteiger partial charge in [-0.2, -0.15) is 0 Å². The molecule has 1 saturated carbocycles. The molecule has 0 aromatic heterocycles. The summed E-state index contributed by atoms with van der Waals surface area (Å²) in [6.45, 7) is 2.15. The number of hydrogen-bond acceptors (Lipinski definition) is 2. The molecule has 1 aliphatic carbocycles. The van der Waals surface area contributed by atoms with E-state index in [1.54, 1.807) is 0 Å². The van der Waals surface area contributed by atoms with Gasteiger partial charge in [0.25, 0.3) is 0 Å². The summed E-state index contributed by atoms with van der Waals surface area (Å²) in [5, 5.41) is 3.53. The minimum absolute atomic E-state index is 0.812. The van der Waals surface area contributed by atoms with Gasteiger partial charge in [-0.25, -0.2) is 0 Å². The zero-order valence-corrected chi connectivity index (χ0v) is 6.34. The van der Waals surface area contributed by atoms with E-state index in [0.717, 1.165) is 24.4 Å². The van der Waals surface area contributed by atoms with E-state index in [9.17, 15) is 0 Å².